The van der Waals surface area contributed by atoms with Crippen LogP contribution >= 0.6 is 0 Å². The summed E-state index contributed by atoms with van der Waals surface area (Å²) in [5.41, 5.74) is 1.65. The second-order valence-corrected chi connectivity index (χ2v) is 8.35. The molecule has 26 heavy (non-hydrogen) atoms. The van der Waals surface area contributed by atoms with Crippen LogP contribution in [0.2, 0.25) is 0 Å². The number of ketones is 1. The van der Waals surface area contributed by atoms with E-state index < -0.39 is 16.1 Å². The summed E-state index contributed by atoms with van der Waals surface area (Å²) in [5.74, 6) is 0.932. The molecule has 1 saturated heterocycles. The fraction of sp³-hybridized carbons (Fsp3) is 0.500. The van der Waals surface area contributed by atoms with Gasteiger partial charge < -0.3 is 5.32 Å². The lowest BCUT2D eigenvalue weighted by Crippen LogP contribution is -2.48. The van der Waals surface area contributed by atoms with Crippen LogP contribution in [0.5, 0.6) is 0 Å². The minimum atomic E-state index is -3.36. The average Bonchev–Trinajstić information content (AvgIpc) is 2.89. The van der Waals surface area contributed by atoms with Crippen molar-refractivity contribution >= 4 is 27.3 Å². The maximum Gasteiger partial charge on any atom is 0.241 e. The molecule has 0 amide bonds. The summed E-state index contributed by atoms with van der Waals surface area (Å²) in [6, 6.07) is -0.508. The monoisotopic (exact) mass is 378 g/mol. The zero-order chi connectivity index (χ0) is 18.9. The molecule has 0 bridgehead atoms. The van der Waals surface area contributed by atoms with Crippen molar-refractivity contribution in [3.63, 3.8) is 0 Å². The van der Waals surface area contributed by atoms with Crippen molar-refractivity contribution in [1.29, 1.82) is 0 Å². The molecule has 3 rings (SSSR count). The van der Waals surface area contributed by atoms with Crippen molar-refractivity contribution in [2.75, 3.05) is 24.7 Å². The first-order valence-corrected chi connectivity index (χ1v) is 10.2. The Morgan fingerprint density at radius 3 is 2.88 bits per heavy atom. The van der Waals surface area contributed by atoms with Gasteiger partial charge in [0.1, 0.15) is 11.3 Å². The summed E-state index contributed by atoms with van der Waals surface area (Å²) in [4.78, 5) is 21.1. The zero-order valence-electron chi connectivity index (χ0n) is 14.8. The first kappa shape index (κ1) is 18.5. The van der Waals surface area contributed by atoms with Crippen molar-refractivity contribution in [3.05, 3.63) is 30.4 Å². The molecule has 140 valence electrons. The average molecular weight is 378 g/mol. The van der Waals surface area contributed by atoms with Crippen molar-refractivity contribution in [3.8, 4) is 0 Å². The number of rotatable bonds is 6. The molecule has 2 aromatic heterocycles. The normalized spacial score (nSPS) is 19.0. The van der Waals surface area contributed by atoms with E-state index in [2.05, 4.69) is 27.0 Å². The number of carbonyl (C=O) groups excluding carboxylic acids is 1. The van der Waals surface area contributed by atoms with Gasteiger partial charge in [-0.1, -0.05) is 6.08 Å². The molecule has 1 atom stereocenters. The van der Waals surface area contributed by atoms with E-state index in [0.29, 0.717) is 25.3 Å². The first-order chi connectivity index (χ1) is 12.3. The fourth-order valence-electron chi connectivity index (χ4n) is 2.94. The minimum Gasteiger partial charge on any atom is -0.343 e. The molecule has 1 N–H and O–H groups in total. The maximum atomic E-state index is 12.3. The molecule has 0 radical (unpaired) electrons. The van der Waals surface area contributed by atoms with Crippen molar-refractivity contribution in [2.45, 2.75) is 32.2 Å². The van der Waals surface area contributed by atoms with Crippen molar-refractivity contribution in [2.24, 2.45) is 0 Å². The summed E-state index contributed by atoms with van der Waals surface area (Å²) < 4.78 is 26.1. The molecule has 2 aromatic rings. The number of aromatic nitrogens is 4. The fourth-order valence-corrected chi connectivity index (χ4v) is 3.74. The molecule has 1 unspecified atom stereocenters. The number of allylic oxidation sites excluding steroid dienone is 1. The molecular weight excluding hydrogens is 356 g/mol. The molecule has 1 fully saturated rings. The Labute approximate surface area is 152 Å². The van der Waals surface area contributed by atoms with Crippen LogP contribution in [0, 0.1) is 6.92 Å². The summed E-state index contributed by atoms with van der Waals surface area (Å²) in [6.07, 6.45) is 6.47. The highest BCUT2D eigenvalue weighted by atomic mass is 32.2. The summed E-state index contributed by atoms with van der Waals surface area (Å²) in [6.45, 7) is 5.78. The van der Waals surface area contributed by atoms with Gasteiger partial charge in [-0.05, 0) is 19.8 Å². The van der Waals surface area contributed by atoms with Gasteiger partial charge in [0.25, 0.3) is 0 Å². The van der Waals surface area contributed by atoms with Gasteiger partial charge in [0, 0.05) is 13.0 Å². The lowest BCUT2D eigenvalue weighted by molar-refractivity contribution is -0.121. The largest absolute Gasteiger partial charge is 0.343 e. The van der Waals surface area contributed by atoms with Crippen LogP contribution in [-0.2, 0) is 21.2 Å². The highest BCUT2D eigenvalue weighted by Crippen LogP contribution is 2.16. The van der Waals surface area contributed by atoms with Gasteiger partial charge >= 0.3 is 0 Å². The Bertz CT molecular complexity index is 952. The summed E-state index contributed by atoms with van der Waals surface area (Å²) in [7, 11) is -3.36. The third kappa shape index (κ3) is 3.75. The van der Waals surface area contributed by atoms with Gasteiger partial charge in [-0.2, -0.15) is 4.31 Å². The second kappa shape index (κ2) is 7.12. The Kier molecular flexibility index (Phi) is 5.05. The van der Waals surface area contributed by atoms with E-state index in [1.807, 2.05) is 13.0 Å². The van der Waals surface area contributed by atoms with E-state index in [1.165, 1.54) is 4.31 Å². The van der Waals surface area contributed by atoms with Crippen LogP contribution in [0.3, 0.4) is 0 Å². The number of anilines is 1. The molecule has 0 saturated carbocycles. The number of nitrogens with zero attached hydrogens (tertiary/aromatic N) is 5. The number of sulfonamides is 1. The molecule has 1 aliphatic rings. The standard InChI is InChI=1S/C16H22N6O3S/c1-4-5-6-15-18-11(2)13-9-17-16(20-22(13)15)19-12-7-8-21(10-14(12)23)26(3,24)25/h4,9,12H,1,5-8,10H2,2-3H3,(H,19,20). The SMILES string of the molecule is C=CCCc1nc(C)c2cnc(NC3CCN(S(C)(=O)=O)CC3=O)nn12. The van der Waals surface area contributed by atoms with E-state index in [0.717, 1.165) is 29.7 Å². The molecule has 0 spiro atoms. The van der Waals surface area contributed by atoms with Crippen LogP contribution in [0.1, 0.15) is 24.4 Å². The zero-order valence-corrected chi connectivity index (χ0v) is 15.7. The van der Waals surface area contributed by atoms with Crippen LogP contribution in [0.4, 0.5) is 5.95 Å². The van der Waals surface area contributed by atoms with Crippen molar-refractivity contribution in [1.82, 2.24) is 23.9 Å². The Balaban J connectivity index is 1.79. The van der Waals surface area contributed by atoms with E-state index in [-0.39, 0.29) is 12.3 Å². The summed E-state index contributed by atoms with van der Waals surface area (Å²) in [5, 5.41) is 7.48. The molecule has 0 aromatic carbocycles. The minimum absolute atomic E-state index is 0.131. The van der Waals surface area contributed by atoms with Crippen LogP contribution in [0.15, 0.2) is 18.9 Å². The Morgan fingerprint density at radius 1 is 1.46 bits per heavy atom. The molecule has 9 nitrogen and oxygen atoms in total. The van der Waals surface area contributed by atoms with Gasteiger partial charge in [-0.25, -0.2) is 22.9 Å². The highest BCUT2D eigenvalue weighted by Gasteiger charge is 2.31. The van der Waals surface area contributed by atoms with E-state index in [4.69, 9.17) is 0 Å². The van der Waals surface area contributed by atoms with E-state index in [9.17, 15) is 13.2 Å². The molecule has 10 heteroatoms. The molecular formula is C16H22N6O3S. The van der Waals surface area contributed by atoms with E-state index in [1.54, 1.807) is 10.7 Å². The quantitative estimate of drug-likeness (QED) is 0.732. The predicted molar refractivity (Wildman–Crippen MR) is 97.5 cm³/mol. The third-order valence-electron chi connectivity index (χ3n) is 4.38. The van der Waals surface area contributed by atoms with E-state index >= 15 is 0 Å². The van der Waals surface area contributed by atoms with Gasteiger partial charge in [-0.3, -0.25) is 4.79 Å². The number of Topliss-reactive ketones (excluding diaryl/α,β-unsaturated/α-hetero) is 1. The topological polar surface area (TPSA) is 110 Å². The molecule has 0 aliphatic carbocycles. The van der Waals surface area contributed by atoms with Crippen LogP contribution in [-0.4, -0.2) is 63.5 Å². The maximum absolute atomic E-state index is 12.3. The number of fused-ring (bicyclic) bond motifs is 1. The lowest BCUT2D eigenvalue weighted by atomic mass is 10.1. The van der Waals surface area contributed by atoms with Crippen LogP contribution < -0.4 is 5.32 Å². The number of nitrogens with one attached hydrogen (secondary N) is 1. The molecule has 3 heterocycles. The molecule has 1 aliphatic heterocycles. The first-order valence-electron chi connectivity index (χ1n) is 8.36. The number of carbonyl (C=O) groups is 1. The number of aryl methyl sites for hydroxylation is 2. The van der Waals surface area contributed by atoms with Gasteiger partial charge in [0.05, 0.1) is 30.7 Å². The summed E-state index contributed by atoms with van der Waals surface area (Å²) >= 11 is 0. The number of hydrogen-bond acceptors (Lipinski definition) is 7. The van der Waals surface area contributed by atoms with Crippen LogP contribution in [0.25, 0.3) is 5.52 Å². The Morgan fingerprint density at radius 2 is 2.23 bits per heavy atom. The number of hydrogen-bond donors (Lipinski definition) is 1. The Hall–Kier alpha value is -2.33. The predicted octanol–water partition coefficient (Wildman–Crippen LogP) is 0.566. The van der Waals surface area contributed by atoms with Gasteiger partial charge in [0.15, 0.2) is 5.78 Å². The third-order valence-corrected chi connectivity index (χ3v) is 5.63. The van der Waals surface area contributed by atoms with Crippen molar-refractivity contribution < 1.29 is 13.2 Å². The number of imidazole rings is 1. The van der Waals surface area contributed by atoms with Gasteiger partial charge in [0.2, 0.25) is 16.0 Å². The van der Waals surface area contributed by atoms with Gasteiger partial charge in [-0.15, -0.1) is 11.7 Å². The smallest absolute Gasteiger partial charge is 0.241 e. The highest BCUT2D eigenvalue weighted by molar-refractivity contribution is 7.88. The second-order valence-electron chi connectivity index (χ2n) is 6.37. The lowest BCUT2D eigenvalue weighted by Gasteiger charge is -2.29. The number of piperidine rings is 1.